The summed E-state index contributed by atoms with van der Waals surface area (Å²) in [6.07, 6.45) is 0.733. The number of hydrogen-bond donors (Lipinski definition) is 3. The molecule has 0 spiro atoms. The Balaban J connectivity index is 2.32. The van der Waals surface area contributed by atoms with Crippen LogP contribution in [0.3, 0.4) is 0 Å². The van der Waals surface area contributed by atoms with Crippen LogP contribution in [0, 0.1) is 13.8 Å². The summed E-state index contributed by atoms with van der Waals surface area (Å²) < 4.78 is 4.69. The Kier molecular flexibility index (Phi) is 8.11. The Hall–Kier alpha value is -2.90. The summed E-state index contributed by atoms with van der Waals surface area (Å²) >= 11 is 0. The number of aryl methyl sites for hydroxylation is 2. The summed E-state index contributed by atoms with van der Waals surface area (Å²) in [6.45, 7) is 5.15. The molecule has 0 saturated heterocycles. The lowest BCUT2D eigenvalue weighted by Crippen LogP contribution is -2.42. The zero-order chi connectivity index (χ0) is 18.8. The van der Waals surface area contributed by atoms with E-state index in [4.69, 9.17) is 4.74 Å². The zero-order valence-corrected chi connectivity index (χ0v) is 14.6. The number of hydrogen-bond acceptors (Lipinski definition) is 5. The Morgan fingerprint density at radius 3 is 2.40 bits per heavy atom. The van der Waals surface area contributed by atoms with Crippen molar-refractivity contribution in [3.05, 3.63) is 34.9 Å². The number of carbonyl (C=O) groups excluding carboxylic acids is 4. The number of esters is 1. The van der Waals surface area contributed by atoms with Gasteiger partial charge >= 0.3 is 12.0 Å². The highest BCUT2D eigenvalue weighted by molar-refractivity contribution is 5.97. The van der Waals surface area contributed by atoms with Crippen molar-refractivity contribution in [2.24, 2.45) is 0 Å². The van der Waals surface area contributed by atoms with Crippen molar-refractivity contribution in [2.45, 2.75) is 27.2 Å². The van der Waals surface area contributed by atoms with Crippen LogP contribution >= 0.6 is 0 Å². The van der Waals surface area contributed by atoms with E-state index in [1.807, 2.05) is 32.2 Å². The molecule has 0 heterocycles. The second kappa shape index (κ2) is 10.1. The number of benzene rings is 1. The summed E-state index contributed by atoms with van der Waals surface area (Å²) in [7, 11) is 0. The summed E-state index contributed by atoms with van der Waals surface area (Å²) in [5.41, 5.74) is 2.46. The maximum absolute atomic E-state index is 11.9. The standard InChI is InChI=1S/C17H23N3O5/c1-4-7-18-17(24)20-14(21)10-25-15(22)9-19-16(23)13-6-5-11(2)12(3)8-13/h5-6,8H,4,7,9-10H2,1-3H3,(H,19,23)(H2,18,20,21,24). The van der Waals surface area contributed by atoms with Crippen molar-refractivity contribution >= 4 is 23.8 Å². The topological polar surface area (TPSA) is 114 Å². The molecule has 0 aromatic heterocycles. The van der Waals surface area contributed by atoms with Gasteiger partial charge in [0.05, 0.1) is 0 Å². The molecule has 0 fully saturated rings. The fraction of sp³-hybridized carbons (Fsp3) is 0.412. The van der Waals surface area contributed by atoms with E-state index in [0.717, 1.165) is 17.5 Å². The molecule has 0 radical (unpaired) electrons. The molecule has 0 bridgehead atoms. The lowest BCUT2D eigenvalue weighted by molar-refractivity contribution is -0.147. The Morgan fingerprint density at radius 1 is 1.04 bits per heavy atom. The van der Waals surface area contributed by atoms with Crippen molar-refractivity contribution in [3.63, 3.8) is 0 Å². The number of rotatable bonds is 7. The van der Waals surface area contributed by atoms with Gasteiger partial charge in [0.15, 0.2) is 6.61 Å². The quantitative estimate of drug-likeness (QED) is 0.631. The molecule has 0 saturated carbocycles. The number of amides is 4. The first kappa shape index (κ1) is 20.1. The van der Waals surface area contributed by atoms with Gasteiger partial charge < -0.3 is 15.4 Å². The van der Waals surface area contributed by atoms with Gasteiger partial charge in [0.25, 0.3) is 11.8 Å². The SMILES string of the molecule is CCCNC(=O)NC(=O)COC(=O)CNC(=O)c1ccc(C)c(C)c1. The Bertz CT molecular complexity index is 658. The van der Waals surface area contributed by atoms with Crippen LogP contribution in [0.4, 0.5) is 4.79 Å². The van der Waals surface area contributed by atoms with Crippen LogP contribution in [-0.4, -0.2) is 43.5 Å². The van der Waals surface area contributed by atoms with Gasteiger partial charge in [-0.25, -0.2) is 4.79 Å². The van der Waals surface area contributed by atoms with Crippen LogP contribution in [0.5, 0.6) is 0 Å². The summed E-state index contributed by atoms with van der Waals surface area (Å²) in [5.74, 6) is -1.94. The van der Waals surface area contributed by atoms with E-state index in [0.29, 0.717) is 12.1 Å². The number of urea groups is 1. The van der Waals surface area contributed by atoms with Gasteiger partial charge in [0.1, 0.15) is 6.54 Å². The largest absolute Gasteiger partial charge is 0.454 e. The first-order valence-corrected chi connectivity index (χ1v) is 7.92. The average Bonchev–Trinajstić information content (AvgIpc) is 2.58. The van der Waals surface area contributed by atoms with Crippen LogP contribution in [0.1, 0.15) is 34.8 Å². The summed E-state index contributed by atoms with van der Waals surface area (Å²) in [4.78, 5) is 46.1. The van der Waals surface area contributed by atoms with Crippen LogP contribution in [0.25, 0.3) is 0 Å². The van der Waals surface area contributed by atoms with E-state index in [-0.39, 0.29) is 6.54 Å². The van der Waals surface area contributed by atoms with Crippen LogP contribution in [0.2, 0.25) is 0 Å². The highest BCUT2D eigenvalue weighted by Gasteiger charge is 2.12. The number of imide groups is 1. The Morgan fingerprint density at radius 2 is 1.76 bits per heavy atom. The highest BCUT2D eigenvalue weighted by Crippen LogP contribution is 2.09. The van der Waals surface area contributed by atoms with E-state index in [1.54, 1.807) is 12.1 Å². The van der Waals surface area contributed by atoms with Crippen molar-refractivity contribution in [3.8, 4) is 0 Å². The van der Waals surface area contributed by atoms with Gasteiger partial charge in [-0.1, -0.05) is 13.0 Å². The maximum atomic E-state index is 11.9. The zero-order valence-electron chi connectivity index (χ0n) is 14.6. The molecule has 136 valence electrons. The third kappa shape index (κ3) is 7.47. The van der Waals surface area contributed by atoms with Crippen molar-refractivity contribution in [1.82, 2.24) is 16.0 Å². The molecule has 25 heavy (non-hydrogen) atoms. The average molecular weight is 349 g/mol. The van der Waals surface area contributed by atoms with Crippen LogP contribution in [-0.2, 0) is 14.3 Å². The van der Waals surface area contributed by atoms with Gasteiger partial charge in [-0.05, 0) is 43.5 Å². The van der Waals surface area contributed by atoms with Crippen LogP contribution in [0.15, 0.2) is 18.2 Å². The molecule has 1 aromatic carbocycles. The molecule has 4 amide bonds. The van der Waals surface area contributed by atoms with E-state index in [2.05, 4.69) is 10.6 Å². The molecule has 0 unspecified atom stereocenters. The minimum absolute atomic E-state index is 0.374. The molecule has 3 N–H and O–H groups in total. The van der Waals surface area contributed by atoms with Gasteiger partial charge in [0, 0.05) is 12.1 Å². The summed E-state index contributed by atoms with van der Waals surface area (Å²) in [5, 5.41) is 6.88. The molecule has 0 aliphatic rings. The monoisotopic (exact) mass is 349 g/mol. The van der Waals surface area contributed by atoms with E-state index in [9.17, 15) is 19.2 Å². The fourth-order valence-corrected chi connectivity index (χ4v) is 1.78. The molecule has 0 aliphatic carbocycles. The minimum atomic E-state index is -0.777. The van der Waals surface area contributed by atoms with Crippen molar-refractivity contribution < 1.29 is 23.9 Å². The van der Waals surface area contributed by atoms with Gasteiger partial charge in [0.2, 0.25) is 0 Å². The lowest BCUT2D eigenvalue weighted by atomic mass is 10.1. The predicted molar refractivity (Wildman–Crippen MR) is 91.0 cm³/mol. The summed E-state index contributed by atoms with van der Waals surface area (Å²) in [6, 6.07) is 4.55. The molecule has 1 aromatic rings. The number of carbonyl (C=O) groups is 4. The third-order valence-corrected chi connectivity index (χ3v) is 3.32. The molecule has 0 atom stereocenters. The lowest BCUT2D eigenvalue weighted by Gasteiger charge is -2.08. The van der Waals surface area contributed by atoms with Crippen molar-refractivity contribution in [2.75, 3.05) is 19.7 Å². The maximum Gasteiger partial charge on any atom is 0.325 e. The van der Waals surface area contributed by atoms with Crippen molar-refractivity contribution in [1.29, 1.82) is 0 Å². The van der Waals surface area contributed by atoms with E-state index >= 15 is 0 Å². The van der Waals surface area contributed by atoms with Gasteiger partial charge in [-0.15, -0.1) is 0 Å². The van der Waals surface area contributed by atoms with Gasteiger partial charge in [-0.3, -0.25) is 19.7 Å². The molecule has 8 nitrogen and oxygen atoms in total. The normalized spacial score (nSPS) is 9.88. The van der Waals surface area contributed by atoms with E-state index in [1.165, 1.54) is 0 Å². The van der Waals surface area contributed by atoms with E-state index < -0.39 is 30.4 Å². The Labute approximate surface area is 146 Å². The highest BCUT2D eigenvalue weighted by atomic mass is 16.5. The predicted octanol–water partition coefficient (Wildman–Crippen LogP) is 0.812. The smallest absolute Gasteiger partial charge is 0.325 e. The first-order valence-electron chi connectivity index (χ1n) is 7.92. The second-order valence-electron chi connectivity index (χ2n) is 5.45. The molecular weight excluding hydrogens is 326 g/mol. The molecule has 0 aliphatic heterocycles. The fourth-order valence-electron chi connectivity index (χ4n) is 1.78. The first-order chi connectivity index (χ1) is 11.8. The number of nitrogens with one attached hydrogen (secondary N) is 3. The van der Waals surface area contributed by atoms with Crippen LogP contribution < -0.4 is 16.0 Å². The molecule has 8 heteroatoms. The number of ether oxygens (including phenoxy) is 1. The molecular formula is C17H23N3O5. The third-order valence-electron chi connectivity index (χ3n) is 3.32. The van der Waals surface area contributed by atoms with Gasteiger partial charge in [-0.2, -0.15) is 0 Å². The minimum Gasteiger partial charge on any atom is -0.454 e. The molecule has 1 rings (SSSR count). The second-order valence-corrected chi connectivity index (χ2v) is 5.45.